The number of rotatable bonds is 5. The predicted octanol–water partition coefficient (Wildman–Crippen LogP) is 5.17. The van der Waals surface area contributed by atoms with Crippen LogP contribution >= 0.6 is 0 Å². The lowest BCUT2D eigenvalue weighted by Crippen LogP contribution is -2.44. The number of carbonyl (C=O) groups is 1. The van der Waals surface area contributed by atoms with Gasteiger partial charge in [0.05, 0.1) is 46.7 Å². The number of aromatic amines is 2. The van der Waals surface area contributed by atoms with Crippen LogP contribution in [-0.2, 0) is 0 Å². The van der Waals surface area contributed by atoms with Gasteiger partial charge in [0.15, 0.2) is 0 Å². The van der Waals surface area contributed by atoms with Crippen molar-refractivity contribution in [1.82, 2.24) is 30.0 Å². The summed E-state index contributed by atoms with van der Waals surface area (Å²) in [6.45, 7) is 4.02. The van der Waals surface area contributed by atoms with Gasteiger partial charge in [0, 0.05) is 54.3 Å². The normalized spacial score (nSPS) is 14.2. The van der Waals surface area contributed by atoms with Crippen LogP contribution in [0.3, 0.4) is 0 Å². The number of piperazine rings is 1. The molecule has 0 saturated carbocycles. The van der Waals surface area contributed by atoms with Crippen LogP contribution in [-0.4, -0.2) is 69.2 Å². The molecule has 40 heavy (non-hydrogen) atoms. The van der Waals surface area contributed by atoms with Gasteiger partial charge in [0.1, 0.15) is 5.69 Å². The summed E-state index contributed by atoms with van der Waals surface area (Å²) in [6.07, 6.45) is 7.29. The molecule has 0 atom stereocenters. The Labute approximate surface area is 230 Å². The third-order valence-corrected chi connectivity index (χ3v) is 7.55. The minimum absolute atomic E-state index is 0.170. The Bertz CT molecular complexity index is 1830. The summed E-state index contributed by atoms with van der Waals surface area (Å²) in [4.78, 5) is 29.9. The number of anilines is 2. The zero-order valence-electron chi connectivity index (χ0n) is 22.1. The predicted molar refractivity (Wildman–Crippen MR) is 159 cm³/mol. The van der Waals surface area contributed by atoms with Crippen LogP contribution < -0.4 is 10.2 Å². The van der Waals surface area contributed by atoms with Gasteiger partial charge < -0.3 is 20.1 Å². The molecule has 1 aliphatic rings. The van der Waals surface area contributed by atoms with E-state index in [1.807, 2.05) is 48.8 Å². The molecule has 0 bridgehead atoms. The molecule has 0 spiro atoms. The molecule has 1 fully saturated rings. The third kappa shape index (κ3) is 4.46. The van der Waals surface area contributed by atoms with E-state index in [0.29, 0.717) is 11.3 Å². The molecule has 0 aliphatic carbocycles. The fourth-order valence-electron chi connectivity index (χ4n) is 5.32. The summed E-state index contributed by atoms with van der Waals surface area (Å²) in [5.74, 6) is -0.170. The van der Waals surface area contributed by atoms with Crippen LogP contribution in [0.1, 0.15) is 10.4 Å². The summed E-state index contributed by atoms with van der Waals surface area (Å²) in [6, 6.07) is 19.4. The Morgan fingerprint density at radius 3 is 2.50 bits per heavy atom. The van der Waals surface area contributed by atoms with Crippen molar-refractivity contribution < 1.29 is 4.79 Å². The first-order valence-corrected chi connectivity index (χ1v) is 13.3. The average Bonchev–Trinajstić information content (AvgIpc) is 3.62. The summed E-state index contributed by atoms with van der Waals surface area (Å²) >= 11 is 0. The highest BCUT2D eigenvalue weighted by molar-refractivity contribution is 6.04. The lowest BCUT2D eigenvalue weighted by molar-refractivity contribution is 0.102. The molecule has 9 nitrogen and oxygen atoms in total. The van der Waals surface area contributed by atoms with Crippen LogP contribution in [0.4, 0.5) is 11.4 Å². The van der Waals surface area contributed by atoms with E-state index in [4.69, 9.17) is 0 Å². The molecule has 1 saturated heterocycles. The standard InChI is InChI=1S/C31H28N8O/c1-38-9-11-39(12-10-38)29-19-33-18-28-24(29)15-27(35-28)30-25-14-21(7-8-26(25)36-37-30)22-13-23(17-32-16-22)34-31(40)20-5-3-2-4-6-20/h2-8,13-19,35H,9-12H2,1H3,(H,34,40)(H,36,37). The molecular formula is C31H28N8O. The summed E-state index contributed by atoms with van der Waals surface area (Å²) in [5, 5.41) is 12.9. The monoisotopic (exact) mass is 528 g/mol. The van der Waals surface area contributed by atoms with E-state index >= 15 is 0 Å². The van der Waals surface area contributed by atoms with E-state index in [0.717, 1.165) is 76.2 Å². The maximum atomic E-state index is 12.7. The fourth-order valence-corrected chi connectivity index (χ4v) is 5.32. The Morgan fingerprint density at radius 2 is 1.65 bits per heavy atom. The number of amides is 1. The molecule has 1 aliphatic heterocycles. The summed E-state index contributed by atoms with van der Waals surface area (Å²) in [5.41, 5.74) is 7.98. The van der Waals surface area contributed by atoms with E-state index in [1.54, 1.807) is 24.5 Å². The van der Waals surface area contributed by atoms with Crippen LogP contribution in [0.2, 0.25) is 0 Å². The number of aromatic nitrogens is 5. The zero-order chi connectivity index (χ0) is 27.1. The van der Waals surface area contributed by atoms with Crippen molar-refractivity contribution >= 4 is 39.1 Å². The Hall–Kier alpha value is -5.02. The third-order valence-electron chi connectivity index (χ3n) is 7.55. The zero-order valence-corrected chi connectivity index (χ0v) is 22.1. The molecule has 0 unspecified atom stereocenters. The number of benzene rings is 2. The van der Waals surface area contributed by atoms with Crippen LogP contribution in [0.5, 0.6) is 0 Å². The summed E-state index contributed by atoms with van der Waals surface area (Å²) < 4.78 is 0. The average molecular weight is 529 g/mol. The molecule has 0 radical (unpaired) electrons. The van der Waals surface area contributed by atoms with Gasteiger partial charge in [-0.05, 0) is 49.0 Å². The first-order chi connectivity index (χ1) is 19.6. The fraction of sp³-hybridized carbons (Fsp3) is 0.161. The van der Waals surface area contributed by atoms with E-state index < -0.39 is 0 Å². The first kappa shape index (κ1) is 24.1. The topological polar surface area (TPSA) is 106 Å². The van der Waals surface area contributed by atoms with E-state index in [2.05, 4.69) is 59.4 Å². The minimum atomic E-state index is -0.170. The van der Waals surface area contributed by atoms with Crippen molar-refractivity contribution in [3.63, 3.8) is 0 Å². The Kier molecular flexibility index (Phi) is 5.98. The van der Waals surface area contributed by atoms with Gasteiger partial charge in [-0.1, -0.05) is 24.3 Å². The molecule has 9 heteroatoms. The van der Waals surface area contributed by atoms with E-state index in [9.17, 15) is 4.79 Å². The highest BCUT2D eigenvalue weighted by atomic mass is 16.1. The van der Waals surface area contributed by atoms with Crippen molar-refractivity contribution in [2.45, 2.75) is 0 Å². The van der Waals surface area contributed by atoms with Crippen molar-refractivity contribution in [3.8, 4) is 22.5 Å². The van der Waals surface area contributed by atoms with Gasteiger partial charge in [0.25, 0.3) is 5.91 Å². The number of H-pyrrole nitrogens is 2. The molecule has 1 amide bonds. The Morgan fingerprint density at radius 1 is 0.825 bits per heavy atom. The molecule has 3 N–H and O–H groups in total. The van der Waals surface area contributed by atoms with Crippen LogP contribution in [0, 0.1) is 0 Å². The quantitative estimate of drug-likeness (QED) is 0.285. The molecule has 7 rings (SSSR count). The van der Waals surface area contributed by atoms with Crippen molar-refractivity contribution in [3.05, 3.63) is 91.0 Å². The number of likely N-dealkylation sites (N-methyl/N-ethyl adjacent to an activating group) is 1. The van der Waals surface area contributed by atoms with E-state index in [-0.39, 0.29) is 5.91 Å². The van der Waals surface area contributed by atoms with Crippen molar-refractivity contribution in [2.75, 3.05) is 43.4 Å². The molecule has 6 aromatic rings. The lowest BCUT2D eigenvalue weighted by atomic mass is 10.0. The highest BCUT2D eigenvalue weighted by Gasteiger charge is 2.19. The number of carbonyl (C=O) groups excluding carboxylic acids is 1. The highest BCUT2D eigenvalue weighted by Crippen LogP contribution is 2.35. The number of nitrogens with zero attached hydrogens (tertiary/aromatic N) is 5. The van der Waals surface area contributed by atoms with Crippen LogP contribution in [0.15, 0.2) is 85.5 Å². The lowest BCUT2D eigenvalue weighted by Gasteiger charge is -2.34. The van der Waals surface area contributed by atoms with E-state index in [1.165, 1.54) is 0 Å². The summed E-state index contributed by atoms with van der Waals surface area (Å²) in [7, 11) is 2.16. The Balaban J connectivity index is 1.21. The number of hydrogen-bond donors (Lipinski definition) is 3. The molecule has 198 valence electrons. The number of hydrogen-bond acceptors (Lipinski definition) is 6. The van der Waals surface area contributed by atoms with Gasteiger partial charge in [0.2, 0.25) is 0 Å². The maximum absolute atomic E-state index is 12.7. The second-order valence-corrected chi connectivity index (χ2v) is 10.2. The van der Waals surface area contributed by atoms with Gasteiger partial charge in [-0.3, -0.25) is 19.9 Å². The van der Waals surface area contributed by atoms with Gasteiger partial charge >= 0.3 is 0 Å². The van der Waals surface area contributed by atoms with Crippen molar-refractivity contribution in [2.24, 2.45) is 0 Å². The smallest absolute Gasteiger partial charge is 0.255 e. The van der Waals surface area contributed by atoms with Gasteiger partial charge in [-0.15, -0.1) is 0 Å². The molecule has 4 aromatic heterocycles. The number of fused-ring (bicyclic) bond motifs is 2. The van der Waals surface area contributed by atoms with Gasteiger partial charge in [-0.2, -0.15) is 5.10 Å². The SMILES string of the molecule is CN1CCN(c2cncc3[nH]c(-c4n[nH]c5ccc(-c6cncc(NC(=O)c7ccccc7)c6)cc45)cc23)CC1. The number of pyridine rings is 2. The molecular weight excluding hydrogens is 500 g/mol. The van der Waals surface area contributed by atoms with Crippen molar-refractivity contribution in [1.29, 1.82) is 0 Å². The largest absolute Gasteiger partial charge is 0.367 e. The molecule has 5 heterocycles. The first-order valence-electron chi connectivity index (χ1n) is 13.3. The number of nitrogens with one attached hydrogen (secondary N) is 3. The second-order valence-electron chi connectivity index (χ2n) is 10.2. The second kappa shape index (κ2) is 9.94. The maximum Gasteiger partial charge on any atom is 0.255 e. The molecule has 2 aromatic carbocycles. The minimum Gasteiger partial charge on any atom is -0.367 e. The van der Waals surface area contributed by atoms with Crippen LogP contribution in [0.25, 0.3) is 44.3 Å². The van der Waals surface area contributed by atoms with Gasteiger partial charge in [-0.25, -0.2) is 0 Å².